The molecule has 2 N–H and O–H groups in total. The number of aliphatic hydroxyl groups is 1. The molecule has 1 rings (SSSR count). The molecule has 0 aromatic rings. The highest BCUT2D eigenvalue weighted by atomic mass is 16.6. The molecule has 0 bridgehead atoms. The predicted molar refractivity (Wildman–Crippen MR) is 43.6 cm³/mol. The summed E-state index contributed by atoms with van der Waals surface area (Å²) in [7, 11) is 0. The molecule has 4 heteroatoms. The van der Waals surface area contributed by atoms with Gasteiger partial charge in [0, 0.05) is 0 Å². The molecule has 1 aliphatic rings. The second kappa shape index (κ2) is 3.03. The number of carbonyl (C=O) groups is 1. The molecule has 1 aliphatic heterocycles. The number of ether oxygens (including phenoxy) is 1. The van der Waals surface area contributed by atoms with Gasteiger partial charge in [0.2, 0.25) is 0 Å². The molecule has 1 saturated heterocycles. The van der Waals surface area contributed by atoms with Crippen LogP contribution in [-0.4, -0.2) is 35.4 Å². The van der Waals surface area contributed by atoms with E-state index in [0.717, 1.165) is 0 Å². The van der Waals surface area contributed by atoms with Crippen molar-refractivity contribution in [2.24, 2.45) is 0 Å². The van der Waals surface area contributed by atoms with Gasteiger partial charge in [0.1, 0.15) is 0 Å². The number of nitrogens with one attached hydrogen (secondary N) is 1. The van der Waals surface area contributed by atoms with Crippen LogP contribution in [0.3, 0.4) is 0 Å². The largest absolute Gasteiger partial charge is 0.394 e. The predicted octanol–water partition coefficient (Wildman–Crippen LogP) is -0.339. The van der Waals surface area contributed by atoms with Crippen molar-refractivity contribution < 1.29 is 14.6 Å². The summed E-state index contributed by atoms with van der Waals surface area (Å²) >= 11 is 0. The Morgan fingerprint density at radius 2 is 2.17 bits per heavy atom. The maximum Gasteiger partial charge on any atom is 0.252 e. The molecule has 1 fully saturated rings. The molecule has 12 heavy (non-hydrogen) atoms. The van der Waals surface area contributed by atoms with Crippen molar-refractivity contribution in [3.8, 4) is 0 Å². The molecule has 0 saturated carbocycles. The molecule has 0 aromatic heterocycles. The monoisotopic (exact) mass is 173 g/mol. The van der Waals surface area contributed by atoms with Crippen LogP contribution in [0.5, 0.6) is 0 Å². The van der Waals surface area contributed by atoms with E-state index in [1.165, 1.54) is 0 Å². The second-order valence-corrected chi connectivity index (χ2v) is 3.79. The zero-order valence-corrected chi connectivity index (χ0v) is 7.63. The van der Waals surface area contributed by atoms with Crippen molar-refractivity contribution in [1.82, 2.24) is 5.32 Å². The van der Waals surface area contributed by atoms with Crippen molar-refractivity contribution in [3.05, 3.63) is 0 Å². The zero-order chi connectivity index (χ0) is 9.35. The maximum atomic E-state index is 11.2. The molecule has 0 aliphatic carbocycles. The molecule has 70 valence electrons. The van der Waals surface area contributed by atoms with Crippen LogP contribution in [0, 0.1) is 0 Å². The van der Waals surface area contributed by atoms with Crippen LogP contribution in [0.25, 0.3) is 0 Å². The normalized spacial score (nSPS) is 28.3. The summed E-state index contributed by atoms with van der Waals surface area (Å²) in [6.07, 6.45) is -0.282. The first-order valence-corrected chi connectivity index (χ1v) is 4.04. The molecular weight excluding hydrogens is 158 g/mol. The van der Waals surface area contributed by atoms with Gasteiger partial charge in [-0.15, -0.1) is 0 Å². The zero-order valence-electron chi connectivity index (χ0n) is 7.63. The lowest BCUT2D eigenvalue weighted by atomic mass is 10.1. The lowest BCUT2D eigenvalue weighted by Gasteiger charge is -2.22. The van der Waals surface area contributed by atoms with Gasteiger partial charge in [-0.3, -0.25) is 4.79 Å². The van der Waals surface area contributed by atoms with Crippen LogP contribution >= 0.6 is 0 Å². The average Bonchev–Trinajstić information content (AvgIpc) is 2.66. The Hall–Kier alpha value is -0.610. The average molecular weight is 173 g/mol. The SMILES string of the molecule is CC1OC1C(=O)NC(C)(C)CO. The van der Waals surface area contributed by atoms with Gasteiger partial charge >= 0.3 is 0 Å². The number of carbonyl (C=O) groups excluding carboxylic acids is 1. The molecule has 1 heterocycles. The van der Waals surface area contributed by atoms with Crippen LogP contribution in [0.4, 0.5) is 0 Å². The van der Waals surface area contributed by atoms with Crippen molar-refractivity contribution in [2.75, 3.05) is 6.61 Å². The third-order valence-electron chi connectivity index (χ3n) is 1.83. The summed E-state index contributed by atoms with van der Waals surface area (Å²) in [6.45, 7) is 5.30. The van der Waals surface area contributed by atoms with Gasteiger partial charge in [-0.25, -0.2) is 0 Å². The van der Waals surface area contributed by atoms with Crippen molar-refractivity contribution in [1.29, 1.82) is 0 Å². The first-order valence-electron chi connectivity index (χ1n) is 4.04. The minimum absolute atomic E-state index is 0.0273. The smallest absolute Gasteiger partial charge is 0.252 e. The van der Waals surface area contributed by atoms with Crippen LogP contribution < -0.4 is 5.32 Å². The van der Waals surface area contributed by atoms with Gasteiger partial charge in [-0.05, 0) is 20.8 Å². The third-order valence-corrected chi connectivity index (χ3v) is 1.83. The molecule has 2 atom stereocenters. The van der Waals surface area contributed by atoms with E-state index < -0.39 is 5.54 Å². The highest BCUT2D eigenvalue weighted by Crippen LogP contribution is 2.21. The molecule has 4 nitrogen and oxygen atoms in total. The van der Waals surface area contributed by atoms with E-state index in [4.69, 9.17) is 9.84 Å². The van der Waals surface area contributed by atoms with E-state index in [1.807, 2.05) is 6.92 Å². The number of hydrogen-bond acceptors (Lipinski definition) is 3. The minimum Gasteiger partial charge on any atom is -0.394 e. The van der Waals surface area contributed by atoms with Crippen molar-refractivity contribution in [2.45, 2.75) is 38.5 Å². The number of aliphatic hydroxyl groups excluding tert-OH is 1. The van der Waals surface area contributed by atoms with E-state index in [0.29, 0.717) is 0 Å². The highest BCUT2D eigenvalue weighted by Gasteiger charge is 2.42. The fourth-order valence-electron chi connectivity index (χ4n) is 0.905. The lowest BCUT2D eigenvalue weighted by molar-refractivity contribution is -0.124. The Morgan fingerprint density at radius 3 is 2.50 bits per heavy atom. The summed E-state index contributed by atoms with van der Waals surface area (Å²) in [4.78, 5) is 11.2. The van der Waals surface area contributed by atoms with Crippen molar-refractivity contribution >= 4 is 5.91 Å². The number of hydrogen-bond donors (Lipinski definition) is 2. The van der Waals surface area contributed by atoms with Crippen LogP contribution in [0.2, 0.25) is 0 Å². The van der Waals surface area contributed by atoms with Crippen LogP contribution in [0.1, 0.15) is 20.8 Å². The Kier molecular flexibility index (Phi) is 2.39. The third kappa shape index (κ3) is 2.19. The lowest BCUT2D eigenvalue weighted by Crippen LogP contribution is -2.48. The molecular formula is C8H15NO3. The van der Waals surface area contributed by atoms with Gasteiger partial charge in [0.15, 0.2) is 6.10 Å². The number of amides is 1. The Balaban J connectivity index is 2.36. The Labute approximate surface area is 71.9 Å². The van der Waals surface area contributed by atoms with Gasteiger partial charge in [0.25, 0.3) is 5.91 Å². The van der Waals surface area contributed by atoms with Gasteiger partial charge in [-0.2, -0.15) is 0 Å². The molecule has 2 unspecified atom stereocenters. The minimum atomic E-state index is -0.553. The summed E-state index contributed by atoms with van der Waals surface area (Å²) in [6, 6.07) is 0. The van der Waals surface area contributed by atoms with E-state index in [2.05, 4.69) is 5.32 Å². The van der Waals surface area contributed by atoms with Crippen molar-refractivity contribution in [3.63, 3.8) is 0 Å². The van der Waals surface area contributed by atoms with E-state index in [9.17, 15) is 4.79 Å². The van der Waals surface area contributed by atoms with Gasteiger partial charge in [-0.1, -0.05) is 0 Å². The first-order chi connectivity index (χ1) is 5.46. The molecule has 0 aromatic carbocycles. The number of epoxide rings is 1. The van der Waals surface area contributed by atoms with E-state index >= 15 is 0 Å². The molecule has 1 amide bonds. The highest BCUT2D eigenvalue weighted by molar-refractivity contribution is 5.84. The summed E-state index contributed by atoms with van der Waals surface area (Å²) < 4.78 is 4.98. The second-order valence-electron chi connectivity index (χ2n) is 3.79. The fourth-order valence-corrected chi connectivity index (χ4v) is 0.905. The molecule has 0 spiro atoms. The fraction of sp³-hybridized carbons (Fsp3) is 0.875. The molecule has 0 radical (unpaired) electrons. The van der Waals surface area contributed by atoms with E-state index in [-0.39, 0.29) is 24.7 Å². The summed E-state index contributed by atoms with van der Waals surface area (Å²) in [5.74, 6) is -0.137. The van der Waals surface area contributed by atoms with E-state index in [1.54, 1.807) is 13.8 Å². The van der Waals surface area contributed by atoms with Gasteiger partial charge < -0.3 is 15.2 Å². The summed E-state index contributed by atoms with van der Waals surface area (Å²) in [5, 5.41) is 11.5. The standard InChI is InChI=1S/C8H15NO3/c1-5-6(12-5)7(11)9-8(2,3)4-10/h5-6,10H,4H2,1-3H3,(H,9,11). The first kappa shape index (κ1) is 9.48. The summed E-state index contributed by atoms with van der Waals surface area (Å²) in [5.41, 5.74) is -0.553. The van der Waals surface area contributed by atoms with Crippen LogP contribution in [-0.2, 0) is 9.53 Å². The Bertz CT molecular complexity index is 191. The Morgan fingerprint density at radius 1 is 1.67 bits per heavy atom. The topological polar surface area (TPSA) is 61.9 Å². The maximum absolute atomic E-state index is 11.2. The van der Waals surface area contributed by atoms with Gasteiger partial charge in [0.05, 0.1) is 18.2 Å². The quantitative estimate of drug-likeness (QED) is 0.574. The number of rotatable bonds is 3. The van der Waals surface area contributed by atoms with Crippen LogP contribution in [0.15, 0.2) is 0 Å².